The fourth-order valence-corrected chi connectivity index (χ4v) is 3.70. The summed E-state index contributed by atoms with van der Waals surface area (Å²) in [4.78, 5) is 53.4. The number of carboxylic acid groups (broad SMARTS) is 1. The Morgan fingerprint density at radius 3 is 2.21 bits per heavy atom. The molecule has 1 saturated heterocycles. The Labute approximate surface area is 204 Å². The van der Waals surface area contributed by atoms with E-state index in [4.69, 9.17) is 17.2 Å². The number of nitrogens with one attached hydrogen (secondary N) is 4. The van der Waals surface area contributed by atoms with Crippen LogP contribution in [0.2, 0.25) is 0 Å². The summed E-state index contributed by atoms with van der Waals surface area (Å²) in [7, 11) is 0. The summed E-state index contributed by atoms with van der Waals surface area (Å²) in [5.74, 6) is -2.90. The zero-order valence-electron chi connectivity index (χ0n) is 19.3. The number of guanidine groups is 1. The Bertz CT molecular complexity index is 713. The Kier molecular flexibility index (Phi) is 14.0. The van der Waals surface area contributed by atoms with Gasteiger partial charge in [0.1, 0.15) is 18.1 Å². The number of aliphatic imine (C=N–C) groups is 1. The van der Waals surface area contributed by atoms with E-state index in [1.54, 1.807) is 0 Å². The normalized spacial score (nSPS) is 17.8. The molecule has 3 amide bonds. The highest BCUT2D eigenvalue weighted by Crippen LogP contribution is 2.08. The second-order valence-electron chi connectivity index (χ2n) is 8.09. The van der Waals surface area contributed by atoms with E-state index in [2.05, 4.69) is 38.9 Å². The maximum atomic E-state index is 12.9. The standard InChI is InChI=1S/C20H38N8O5S/c21-8-2-1-5-13(26-16(29)12-6-3-9-24-12)17(30)28-15(11-34)18(31)27-14(19(32)33)7-4-10-25-20(22)23/h12-15,24,34H,1-11,21H2,(H,26,29)(H,27,31)(H,28,30)(H,32,33)(H4,22,23,25). The van der Waals surface area contributed by atoms with Gasteiger partial charge in [-0.3, -0.25) is 19.4 Å². The summed E-state index contributed by atoms with van der Waals surface area (Å²) in [5.41, 5.74) is 16.0. The van der Waals surface area contributed by atoms with Crippen LogP contribution in [0, 0.1) is 0 Å². The number of carboxylic acids is 1. The maximum Gasteiger partial charge on any atom is 0.326 e. The molecular weight excluding hydrogens is 464 g/mol. The molecule has 0 aliphatic carbocycles. The lowest BCUT2D eigenvalue weighted by Gasteiger charge is -2.24. The Morgan fingerprint density at radius 2 is 1.65 bits per heavy atom. The molecule has 1 aliphatic rings. The molecule has 0 bridgehead atoms. The number of hydrogen-bond donors (Lipinski definition) is 9. The molecule has 0 aromatic heterocycles. The van der Waals surface area contributed by atoms with Crippen LogP contribution < -0.4 is 38.5 Å². The number of hydrogen-bond acceptors (Lipinski definition) is 8. The first-order chi connectivity index (χ1) is 16.2. The number of carbonyl (C=O) groups is 4. The molecule has 0 spiro atoms. The third kappa shape index (κ3) is 11.0. The summed E-state index contributed by atoms with van der Waals surface area (Å²) >= 11 is 4.12. The molecule has 0 aromatic rings. The van der Waals surface area contributed by atoms with Crippen molar-refractivity contribution in [2.75, 3.05) is 25.4 Å². The number of aliphatic carboxylic acids is 1. The molecule has 34 heavy (non-hydrogen) atoms. The highest BCUT2D eigenvalue weighted by molar-refractivity contribution is 7.80. The number of rotatable bonds is 16. The molecule has 1 aliphatic heterocycles. The molecule has 11 N–H and O–H groups in total. The quantitative estimate of drug-likeness (QED) is 0.0465. The third-order valence-corrected chi connectivity index (χ3v) is 5.70. The number of nitrogens with zero attached hydrogens (tertiary/aromatic N) is 1. The van der Waals surface area contributed by atoms with E-state index in [1.807, 2.05) is 0 Å². The summed E-state index contributed by atoms with van der Waals surface area (Å²) in [6.45, 7) is 1.41. The Morgan fingerprint density at radius 1 is 1.00 bits per heavy atom. The first-order valence-corrected chi connectivity index (χ1v) is 12.1. The van der Waals surface area contributed by atoms with Gasteiger partial charge in [0.25, 0.3) is 0 Å². The molecule has 4 unspecified atom stereocenters. The predicted molar refractivity (Wildman–Crippen MR) is 131 cm³/mol. The molecule has 1 rings (SSSR count). The minimum absolute atomic E-state index is 0.0639. The van der Waals surface area contributed by atoms with Gasteiger partial charge < -0.3 is 43.6 Å². The van der Waals surface area contributed by atoms with Gasteiger partial charge >= 0.3 is 5.97 Å². The molecular formula is C20H38N8O5S. The highest BCUT2D eigenvalue weighted by Gasteiger charge is 2.30. The molecule has 1 heterocycles. The van der Waals surface area contributed by atoms with E-state index in [9.17, 15) is 24.3 Å². The topological polar surface area (TPSA) is 227 Å². The molecule has 0 saturated carbocycles. The summed E-state index contributed by atoms with van der Waals surface area (Å²) in [5, 5.41) is 20.2. The van der Waals surface area contributed by atoms with E-state index in [1.165, 1.54) is 0 Å². The van der Waals surface area contributed by atoms with Crippen molar-refractivity contribution in [3.8, 4) is 0 Å². The lowest BCUT2D eigenvalue weighted by atomic mass is 10.1. The Hall–Kier alpha value is -2.58. The van der Waals surface area contributed by atoms with Gasteiger partial charge in [-0.1, -0.05) is 0 Å². The van der Waals surface area contributed by atoms with Crippen LogP contribution in [-0.2, 0) is 19.2 Å². The molecule has 14 heteroatoms. The van der Waals surface area contributed by atoms with Crippen LogP contribution in [0.25, 0.3) is 0 Å². The number of thiol groups is 1. The summed E-state index contributed by atoms with van der Waals surface area (Å²) < 4.78 is 0. The average molecular weight is 503 g/mol. The summed E-state index contributed by atoms with van der Waals surface area (Å²) in [6, 6.07) is -3.49. The molecule has 13 nitrogen and oxygen atoms in total. The lowest BCUT2D eigenvalue weighted by Crippen LogP contribution is -2.57. The van der Waals surface area contributed by atoms with E-state index >= 15 is 0 Å². The SMILES string of the molecule is NCCCCC(NC(=O)C1CCCN1)C(=O)NC(CS)C(=O)NC(CCCN=C(N)N)C(=O)O. The van der Waals surface area contributed by atoms with Crippen LogP contribution in [-0.4, -0.2) is 84.3 Å². The zero-order valence-corrected chi connectivity index (χ0v) is 20.2. The van der Waals surface area contributed by atoms with Gasteiger partial charge in [-0.15, -0.1) is 0 Å². The smallest absolute Gasteiger partial charge is 0.326 e. The second-order valence-corrected chi connectivity index (χ2v) is 8.45. The molecule has 4 atom stereocenters. The van der Waals surface area contributed by atoms with Crippen molar-refractivity contribution in [3.05, 3.63) is 0 Å². The van der Waals surface area contributed by atoms with Crippen molar-refractivity contribution in [1.29, 1.82) is 0 Å². The van der Waals surface area contributed by atoms with E-state index in [0.717, 1.165) is 13.0 Å². The maximum absolute atomic E-state index is 12.9. The van der Waals surface area contributed by atoms with Crippen LogP contribution in [0.5, 0.6) is 0 Å². The molecule has 0 radical (unpaired) electrons. The lowest BCUT2D eigenvalue weighted by molar-refractivity contribution is -0.142. The number of carbonyl (C=O) groups excluding carboxylic acids is 3. The first kappa shape index (κ1) is 29.5. The van der Waals surface area contributed by atoms with Crippen LogP contribution in [0.4, 0.5) is 0 Å². The monoisotopic (exact) mass is 502 g/mol. The molecule has 194 valence electrons. The Balaban J connectivity index is 2.74. The first-order valence-electron chi connectivity index (χ1n) is 11.4. The van der Waals surface area contributed by atoms with Gasteiger partial charge in [-0.05, 0) is 58.0 Å². The van der Waals surface area contributed by atoms with Crippen molar-refractivity contribution in [1.82, 2.24) is 21.3 Å². The summed E-state index contributed by atoms with van der Waals surface area (Å²) in [6.07, 6.45) is 3.63. The zero-order chi connectivity index (χ0) is 25.5. The van der Waals surface area contributed by atoms with Gasteiger partial charge in [0.15, 0.2) is 5.96 Å². The van der Waals surface area contributed by atoms with E-state index < -0.39 is 35.9 Å². The van der Waals surface area contributed by atoms with Crippen LogP contribution >= 0.6 is 12.6 Å². The second kappa shape index (κ2) is 16.1. The van der Waals surface area contributed by atoms with Gasteiger partial charge in [0, 0.05) is 12.3 Å². The van der Waals surface area contributed by atoms with Gasteiger partial charge in [-0.25, -0.2) is 4.79 Å². The van der Waals surface area contributed by atoms with Gasteiger partial charge in [-0.2, -0.15) is 12.6 Å². The van der Waals surface area contributed by atoms with E-state index in [-0.39, 0.29) is 36.6 Å². The van der Waals surface area contributed by atoms with Crippen molar-refractivity contribution in [2.24, 2.45) is 22.2 Å². The molecule has 1 fully saturated rings. The minimum Gasteiger partial charge on any atom is -0.480 e. The van der Waals surface area contributed by atoms with Crippen LogP contribution in [0.15, 0.2) is 4.99 Å². The number of nitrogens with two attached hydrogens (primary N) is 3. The van der Waals surface area contributed by atoms with Crippen molar-refractivity contribution in [2.45, 2.75) is 69.1 Å². The van der Waals surface area contributed by atoms with Gasteiger partial charge in [0.2, 0.25) is 17.7 Å². The van der Waals surface area contributed by atoms with Crippen LogP contribution in [0.3, 0.4) is 0 Å². The minimum atomic E-state index is -1.22. The predicted octanol–water partition coefficient (Wildman–Crippen LogP) is -2.61. The number of unbranched alkanes of at least 4 members (excludes halogenated alkanes) is 1. The van der Waals surface area contributed by atoms with Gasteiger partial charge in [0.05, 0.1) is 6.04 Å². The largest absolute Gasteiger partial charge is 0.480 e. The molecule has 0 aromatic carbocycles. The fourth-order valence-electron chi connectivity index (χ4n) is 3.44. The van der Waals surface area contributed by atoms with E-state index in [0.29, 0.717) is 38.6 Å². The van der Waals surface area contributed by atoms with Crippen molar-refractivity contribution in [3.63, 3.8) is 0 Å². The van der Waals surface area contributed by atoms with Crippen LogP contribution in [0.1, 0.15) is 44.9 Å². The number of amides is 3. The fraction of sp³-hybridized carbons (Fsp3) is 0.750. The van der Waals surface area contributed by atoms with Crippen molar-refractivity contribution < 1.29 is 24.3 Å². The van der Waals surface area contributed by atoms with Crippen molar-refractivity contribution >= 4 is 42.3 Å². The average Bonchev–Trinajstić information content (AvgIpc) is 3.33. The third-order valence-electron chi connectivity index (χ3n) is 5.33. The highest BCUT2D eigenvalue weighted by atomic mass is 32.1.